The van der Waals surface area contributed by atoms with Crippen molar-refractivity contribution in [3.05, 3.63) is 149 Å². The van der Waals surface area contributed by atoms with Crippen molar-refractivity contribution >= 4 is 69.1 Å². The van der Waals surface area contributed by atoms with Crippen LogP contribution in [-0.2, 0) is 30.3 Å². The van der Waals surface area contributed by atoms with Crippen molar-refractivity contribution in [2.24, 2.45) is 11.8 Å². The highest BCUT2D eigenvalue weighted by Gasteiger charge is 2.50. The van der Waals surface area contributed by atoms with Crippen LogP contribution in [0.15, 0.2) is 107 Å². The molecule has 0 amide bonds. The fraction of sp³-hybridized carbons (Fsp3) is 0.306. The molecule has 2 unspecified atom stereocenters. The Kier molecular flexibility index (Phi) is 8.34. The monoisotopic (exact) mass is 816 g/mol. The van der Waals surface area contributed by atoms with Crippen molar-refractivity contribution in [2.75, 3.05) is 0 Å². The van der Waals surface area contributed by atoms with Gasteiger partial charge >= 0.3 is 0 Å². The average Bonchev–Trinajstić information content (AvgIpc) is 4.00. The number of aromatic nitrogens is 2. The van der Waals surface area contributed by atoms with Crippen molar-refractivity contribution in [3.63, 3.8) is 0 Å². The molecule has 4 heterocycles. The van der Waals surface area contributed by atoms with Gasteiger partial charge in [0.25, 0.3) is 0 Å². The number of carbonyl (C=O) groups excluding carboxylic acids is 4. The number of hydrogen-bond acceptors (Lipinski definition) is 10. The SMILES string of the molecule is C=C/C=C1/C(=O)/C(=C/c2nc3c(s2)C2=CC4C=C5OC6(CCCCC6)c6nc(C=C7C(=O)c8ccccc8C7=O)sc6C5=CC4C=C2OC32CCCCC2)C(=O)/C1=C/C. The molecule has 3 saturated carbocycles. The van der Waals surface area contributed by atoms with Gasteiger partial charge in [-0.25, -0.2) is 9.97 Å². The van der Waals surface area contributed by atoms with Crippen molar-refractivity contribution in [2.45, 2.75) is 82.3 Å². The number of ketones is 4. The third-order valence-electron chi connectivity index (χ3n) is 13.2. The lowest BCUT2D eigenvalue weighted by atomic mass is 9.73. The molecule has 0 N–H and O–H groups in total. The predicted molar refractivity (Wildman–Crippen MR) is 228 cm³/mol. The number of rotatable bonds is 3. The molecule has 1 aromatic carbocycles. The van der Waals surface area contributed by atoms with E-state index in [-0.39, 0.29) is 46.1 Å². The predicted octanol–water partition coefficient (Wildman–Crippen LogP) is 10.5. The summed E-state index contributed by atoms with van der Waals surface area (Å²) in [4.78, 5) is 66.1. The van der Waals surface area contributed by atoms with Crippen LogP contribution in [0.5, 0.6) is 0 Å². The number of hydrogen-bond donors (Lipinski definition) is 0. The number of fused-ring (bicyclic) bond motifs is 10. The number of carbonyl (C=O) groups is 4. The summed E-state index contributed by atoms with van der Waals surface area (Å²) >= 11 is 3.05. The Hall–Kier alpha value is -5.58. The molecule has 0 bridgehead atoms. The second-order valence-electron chi connectivity index (χ2n) is 16.6. The lowest BCUT2D eigenvalue weighted by Crippen LogP contribution is -2.38. The minimum absolute atomic E-state index is 0.0134. The number of ether oxygens (including phenoxy) is 2. The Morgan fingerprint density at radius 2 is 1.08 bits per heavy atom. The second-order valence-corrected chi connectivity index (χ2v) is 18.7. The van der Waals surface area contributed by atoms with Gasteiger partial charge in [0, 0.05) is 45.3 Å². The third kappa shape index (κ3) is 5.45. The molecule has 0 radical (unpaired) electrons. The summed E-state index contributed by atoms with van der Waals surface area (Å²) < 4.78 is 14.2. The van der Waals surface area contributed by atoms with Crippen LogP contribution in [0.2, 0.25) is 0 Å². The summed E-state index contributed by atoms with van der Waals surface area (Å²) in [7, 11) is 0. The summed E-state index contributed by atoms with van der Waals surface area (Å²) in [6.07, 6.45) is 27.0. The van der Waals surface area contributed by atoms with E-state index in [1.807, 2.05) is 0 Å². The molecule has 10 heteroatoms. The first kappa shape index (κ1) is 36.5. The molecule has 3 fully saturated rings. The van der Waals surface area contributed by atoms with Gasteiger partial charge in [-0.15, -0.1) is 22.7 Å². The van der Waals surface area contributed by atoms with Crippen LogP contribution in [-0.4, -0.2) is 33.1 Å². The molecule has 2 aromatic heterocycles. The number of Topliss-reactive ketones (excluding diaryl/α,β-unsaturated/α-hetero) is 4. The quantitative estimate of drug-likeness (QED) is 0.190. The molecular formula is C49H40N2O6S2. The van der Waals surface area contributed by atoms with Gasteiger partial charge in [-0.3, -0.25) is 19.2 Å². The number of thiazole rings is 2. The Morgan fingerprint density at radius 3 is 1.54 bits per heavy atom. The third-order valence-corrected chi connectivity index (χ3v) is 15.3. The van der Waals surface area contributed by atoms with E-state index in [4.69, 9.17) is 19.4 Å². The van der Waals surface area contributed by atoms with Crippen molar-refractivity contribution in [1.82, 2.24) is 9.97 Å². The molecular weight excluding hydrogens is 777 g/mol. The fourth-order valence-corrected chi connectivity index (χ4v) is 12.6. The molecule has 0 saturated heterocycles. The van der Waals surface area contributed by atoms with Crippen molar-refractivity contribution in [3.8, 4) is 0 Å². The lowest BCUT2D eigenvalue weighted by molar-refractivity contribution is -0.115. The van der Waals surface area contributed by atoms with Crippen LogP contribution < -0.4 is 0 Å². The van der Waals surface area contributed by atoms with Gasteiger partial charge in [0.15, 0.2) is 34.3 Å². The largest absolute Gasteiger partial charge is 0.481 e. The molecule has 294 valence electrons. The smallest absolute Gasteiger partial charge is 0.197 e. The van der Waals surface area contributed by atoms with Crippen LogP contribution >= 0.6 is 22.7 Å². The topological polar surface area (TPSA) is 113 Å². The van der Waals surface area contributed by atoms with E-state index in [0.29, 0.717) is 32.3 Å². The van der Waals surface area contributed by atoms with Gasteiger partial charge in [0.1, 0.15) is 32.9 Å². The molecule has 2 spiro atoms. The van der Waals surface area contributed by atoms with E-state index in [2.05, 4.69) is 30.9 Å². The van der Waals surface area contributed by atoms with E-state index >= 15 is 0 Å². The number of nitrogens with zero attached hydrogens (tertiary/aromatic N) is 2. The standard InChI is InChI=1S/C49H40N2O6S2/c1-3-13-29-28(4-2)40(52)34(41(29)53)24-38-50-46-44(58-38)32-20-26-23-37-33(21-27(26)22-36(32)56-48(46)16-9-5-10-17-48)45-47(49(57-37)18-11-6-12-19-49)51-39(59-45)25-35-42(54)30-14-7-8-15-31(30)43(35)55/h3-4,7-8,13-15,20-27H,1,5-6,9-12,16-19H2,2H3/b28-4+,29-13+,34-24+. The summed E-state index contributed by atoms with van der Waals surface area (Å²) in [5.74, 6) is 0.543. The van der Waals surface area contributed by atoms with Gasteiger partial charge in [0.2, 0.25) is 0 Å². The molecule has 59 heavy (non-hydrogen) atoms. The number of benzene rings is 1. The molecule has 8 nitrogen and oxygen atoms in total. The normalized spacial score (nSPS) is 26.6. The molecule has 2 aliphatic heterocycles. The summed E-state index contributed by atoms with van der Waals surface area (Å²) in [6.45, 7) is 5.51. The fourth-order valence-electron chi connectivity index (χ4n) is 10.4. The van der Waals surface area contributed by atoms with Crippen LogP contribution in [0.3, 0.4) is 0 Å². The summed E-state index contributed by atoms with van der Waals surface area (Å²) in [5.41, 5.74) is 4.53. The van der Waals surface area contributed by atoms with Gasteiger partial charge in [0.05, 0.1) is 20.9 Å². The maximum Gasteiger partial charge on any atom is 0.197 e. The van der Waals surface area contributed by atoms with Crippen LogP contribution in [0.4, 0.5) is 0 Å². The van der Waals surface area contributed by atoms with Crippen LogP contribution in [0, 0.1) is 11.8 Å². The van der Waals surface area contributed by atoms with E-state index < -0.39 is 11.2 Å². The van der Waals surface area contributed by atoms with Crippen molar-refractivity contribution in [1.29, 1.82) is 0 Å². The van der Waals surface area contributed by atoms with E-state index in [0.717, 1.165) is 108 Å². The summed E-state index contributed by atoms with van der Waals surface area (Å²) in [5, 5.41) is 1.25. The molecule has 11 rings (SSSR count). The minimum atomic E-state index is -0.588. The highest BCUT2D eigenvalue weighted by molar-refractivity contribution is 7.14. The van der Waals surface area contributed by atoms with Gasteiger partial charge in [-0.1, -0.05) is 74.1 Å². The zero-order chi connectivity index (χ0) is 40.2. The molecule has 8 aliphatic rings. The molecule has 6 aliphatic carbocycles. The Balaban J connectivity index is 0.993. The molecule has 2 atom stereocenters. The van der Waals surface area contributed by atoms with Crippen LogP contribution in [0.25, 0.3) is 23.3 Å². The van der Waals surface area contributed by atoms with Gasteiger partial charge in [-0.2, -0.15) is 0 Å². The Bertz CT molecular complexity index is 2710. The maximum atomic E-state index is 13.5. The highest BCUT2D eigenvalue weighted by Crippen LogP contribution is 2.58. The maximum absolute atomic E-state index is 13.5. The zero-order valence-corrected chi connectivity index (χ0v) is 34.2. The van der Waals surface area contributed by atoms with E-state index in [1.54, 1.807) is 55.5 Å². The highest BCUT2D eigenvalue weighted by atomic mass is 32.1. The average molecular weight is 817 g/mol. The Labute approximate surface area is 349 Å². The first-order chi connectivity index (χ1) is 28.7. The van der Waals surface area contributed by atoms with Gasteiger partial charge < -0.3 is 9.47 Å². The first-order valence-electron chi connectivity index (χ1n) is 20.7. The van der Waals surface area contributed by atoms with Crippen LogP contribution in [0.1, 0.15) is 123 Å². The first-order valence-corrected chi connectivity index (χ1v) is 22.3. The second kappa shape index (κ2) is 13.5. The van der Waals surface area contributed by atoms with E-state index in [1.165, 1.54) is 28.7 Å². The van der Waals surface area contributed by atoms with E-state index in [9.17, 15) is 19.2 Å². The van der Waals surface area contributed by atoms with Gasteiger partial charge in [-0.05, 0) is 82.6 Å². The number of allylic oxidation sites excluding steroid dienone is 13. The zero-order valence-electron chi connectivity index (χ0n) is 32.6. The minimum Gasteiger partial charge on any atom is -0.481 e. The van der Waals surface area contributed by atoms with Crippen molar-refractivity contribution < 1.29 is 28.7 Å². The lowest BCUT2D eigenvalue weighted by Gasteiger charge is -2.45. The molecule has 3 aromatic rings. The summed E-state index contributed by atoms with van der Waals surface area (Å²) in [6, 6.07) is 7.00. The Morgan fingerprint density at radius 1 is 0.627 bits per heavy atom.